The van der Waals surface area contributed by atoms with Crippen LogP contribution in [0.3, 0.4) is 0 Å². The average molecular weight is 564 g/mol. The molecule has 0 amide bonds. The fraction of sp³-hybridized carbons (Fsp3) is 0. The maximum absolute atomic E-state index is 5.33. The summed E-state index contributed by atoms with van der Waals surface area (Å²) in [5.74, 6) is 0.637. The third-order valence-electron chi connectivity index (χ3n) is 8.41. The van der Waals surface area contributed by atoms with E-state index >= 15 is 0 Å². The Hall–Kier alpha value is -6.07. The van der Waals surface area contributed by atoms with Crippen LogP contribution < -0.4 is 0 Å². The monoisotopic (exact) mass is 563 g/mol. The second kappa shape index (κ2) is 9.75. The van der Waals surface area contributed by atoms with E-state index in [0.29, 0.717) is 5.95 Å². The molecule has 5 aromatic carbocycles. The van der Waals surface area contributed by atoms with Gasteiger partial charge in [-0.1, -0.05) is 103 Å². The third-order valence-corrected chi connectivity index (χ3v) is 8.41. The molecule has 4 aromatic heterocycles. The van der Waals surface area contributed by atoms with Crippen LogP contribution in [0.1, 0.15) is 0 Å². The molecule has 0 bridgehead atoms. The molecule has 0 fully saturated rings. The number of aromatic nitrogens is 5. The number of benzene rings is 5. The average Bonchev–Trinajstić information content (AvgIpc) is 3.62. The summed E-state index contributed by atoms with van der Waals surface area (Å²) in [6, 6.07) is 50.5. The Labute approximate surface area is 253 Å². The normalized spacial score (nSPS) is 11.6. The number of hydrogen-bond acceptors (Lipinski definition) is 3. The van der Waals surface area contributed by atoms with Crippen molar-refractivity contribution >= 4 is 43.7 Å². The SMILES string of the molecule is c1ccc(-c2cc(-c3ccccc3-n3c4ccccc4c4ncccc43)nc(-n3c4ccccc4c4ccccc43)n2)cc1. The zero-order valence-electron chi connectivity index (χ0n) is 23.7. The van der Waals surface area contributed by atoms with Gasteiger partial charge in [-0.2, -0.15) is 0 Å². The Kier molecular flexibility index (Phi) is 5.43. The summed E-state index contributed by atoms with van der Waals surface area (Å²) in [5.41, 5.74) is 10.1. The van der Waals surface area contributed by atoms with Crippen molar-refractivity contribution in [3.05, 3.63) is 152 Å². The number of rotatable bonds is 4. The Bertz CT molecular complexity index is 2400. The maximum Gasteiger partial charge on any atom is 0.235 e. The molecule has 206 valence electrons. The molecule has 9 rings (SSSR count). The van der Waals surface area contributed by atoms with Gasteiger partial charge in [0, 0.05) is 33.5 Å². The zero-order chi connectivity index (χ0) is 29.0. The molecule has 5 nitrogen and oxygen atoms in total. The fourth-order valence-electron chi connectivity index (χ4n) is 6.50. The molecule has 0 spiro atoms. The molecule has 0 saturated carbocycles. The van der Waals surface area contributed by atoms with Gasteiger partial charge in [0.15, 0.2) is 0 Å². The maximum atomic E-state index is 5.33. The lowest BCUT2D eigenvalue weighted by atomic mass is 10.1. The van der Waals surface area contributed by atoms with Gasteiger partial charge in [-0.05, 0) is 42.5 Å². The Morgan fingerprint density at radius 1 is 0.432 bits per heavy atom. The van der Waals surface area contributed by atoms with Crippen LogP contribution in [-0.4, -0.2) is 24.1 Å². The number of pyridine rings is 1. The van der Waals surface area contributed by atoms with E-state index in [-0.39, 0.29) is 0 Å². The fourth-order valence-corrected chi connectivity index (χ4v) is 6.50. The lowest BCUT2D eigenvalue weighted by Crippen LogP contribution is -2.05. The van der Waals surface area contributed by atoms with E-state index in [1.54, 1.807) is 0 Å². The van der Waals surface area contributed by atoms with Crippen LogP contribution >= 0.6 is 0 Å². The van der Waals surface area contributed by atoms with Crippen molar-refractivity contribution in [2.75, 3.05) is 0 Å². The molecule has 0 aliphatic carbocycles. The minimum Gasteiger partial charge on any atom is -0.307 e. The minimum atomic E-state index is 0.637. The minimum absolute atomic E-state index is 0.637. The quantitative estimate of drug-likeness (QED) is 0.214. The van der Waals surface area contributed by atoms with Crippen LogP contribution in [0.15, 0.2) is 152 Å². The Morgan fingerprint density at radius 2 is 1.00 bits per heavy atom. The second-order valence-electron chi connectivity index (χ2n) is 10.9. The van der Waals surface area contributed by atoms with E-state index in [9.17, 15) is 0 Å². The van der Waals surface area contributed by atoms with Crippen LogP contribution in [0.2, 0.25) is 0 Å². The van der Waals surface area contributed by atoms with E-state index in [1.807, 2.05) is 18.3 Å². The predicted octanol–water partition coefficient (Wildman–Crippen LogP) is 9.40. The topological polar surface area (TPSA) is 48.5 Å². The molecule has 4 heterocycles. The second-order valence-corrected chi connectivity index (χ2v) is 10.9. The molecule has 5 heteroatoms. The zero-order valence-corrected chi connectivity index (χ0v) is 23.7. The summed E-state index contributed by atoms with van der Waals surface area (Å²) in [5, 5.41) is 3.48. The Morgan fingerprint density at radius 3 is 1.75 bits per heavy atom. The summed E-state index contributed by atoms with van der Waals surface area (Å²) < 4.78 is 4.49. The number of fused-ring (bicyclic) bond motifs is 6. The van der Waals surface area contributed by atoms with Crippen molar-refractivity contribution in [2.24, 2.45) is 0 Å². The van der Waals surface area contributed by atoms with Gasteiger partial charge in [0.1, 0.15) is 0 Å². The first-order valence-corrected chi connectivity index (χ1v) is 14.7. The van der Waals surface area contributed by atoms with Gasteiger partial charge < -0.3 is 4.57 Å². The molecule has 0 N–H and O–H groups in total. The summed E-state index contributed by atoms with van der Waals surface area (Å²) >= 11 is 0. The standard InChI is InChI=1S/C39H25N5/c1-2-13-26(14-3-1)31-25-32(42-39(41-31)44-33-19-8-4-15-27(33)28-16-5-9-20-34(28)44)29-17-6-10-21-35(29)43-36-22-11-7-18-30(36)38-37(43)23-12-24-40-38/h1-25H. The summed E-state index contributed by atoms with van der Waals surface area (Å²) in [7, 11) is 0. The van der Waals surface area contributed by atoms with Crippen LogP contribution in [0, 0.1) is 0 Å². The van der Waals surface area contributed by atoms with E-state index < -0.39 is 0 Å². The molecule has 0 unspecified atom stereocenters. The lowest BCUT2D eigenvalue weighted by Gasteiger charge is -2.16. The molecule has 9 aromatic rings. The van der Waals surface area contributed by atoms with Crippen molar-refractivity contribution in [1.82, 2.24) is 24.1 Å². The van der Waals surface area contributed by atoms with Crippen LogP contribution in [0.25, 0.3) is 77.9 Å². The van der Waals surface area contributed by atoms with Crippen LogP contribution in [0.4, 0.5) is 0 Å². The van der Waals surface area contributed by atoms with Gasteiger partial charge in [0.05, 0.1) is 44.7 Å². The highest BCUT2D eigenvalue weighted by molar-refractivity contribution is 6.09. The molecular weight excluding hydrogens is 538 g/mol. The molecule has 0 atom stereocenters. The first kappa shape index (κ1) is 24.5. The molecule has 0 aliphatic rings. The number of hydrogen-bond donors (Lipinski definition) is 0. The van der Waals surface area contributed by atoms with Crippen molar-refractivity contribution < 1.29 is 0 Å². The van der Waals surface area contributed by atoms with Crippen molar-refractivity contribution in [3.8, 4) is 34.2 Å². The predicted molar refractivity (Wildman–Crippen MR) is 179 cm³/mol. The first-order valence-electron chi connectivity index (χ1n) is 14.7. The van der Waals surface area contributed by atoms with Crippen molar-refractivity contribution in [1.29, 1.82) is 0 Å². The summed E-state index contributed by atoms with van der Waals surface area (Å²) in [6.45, 7) is 0. The smallest absolute Gasteiger partial charge is 0.235 e. The molecule has 0 aliphatic heterocycles. The van der Waals surface area contributed by atoms with Gasteiger partial charge in [-0.25, -0.2) is 9.97 Å². The van der Waals surface area contributed by atoms with E-state index in [1.165, 1.54) is 10.8 Å². The van der Waals surface area contributed by atoms with E-state index in [0.717, 1.165) is 61.2 Å². The van der Waals surface area contributed by atoms with E-state index in [4.69, 9.17) is 15.0 Å². The van der Waals surface area contributed by atoms with E-state index in [2.05, 4.69) is 143 Å². The van der Waals surface area contributed by atoms with Crippen LogP contribution in [-0.2, 0) is 0 Å². The number of para-hydroxylation sites is 4. The summed E-state index contributed by atoms with van der Waals surface area (Å²) in [6.07, 6.45) is 1.86. The molecular formula is C39H25N5. The van der Waals surface area contributed by atoms with Crippen LogP contribution in [0.5, 0.6) is 0 Å². The molecule has 44 heavy (non-hydrogen) atoms. The Balaban J connectivity index is 1.36. The van der Waals surface area contributed by atoms with Gasteiger partial charge >= 0.3 is 0 Å². The van der Waals surface area contributed by atoms with Gasteiger partial charge in [0.25, 0.3) is 0 Å². The molecule has 0 radical (unpaired) electrons. The molecule has 0 saturated heterocycles. The highest BCUT2D eigenvalue weighted by atomic mass is 15.2. The number of nitrogens with zero attached hydrogens (tertiary/aromatic N) is 5. The first-order chi connectivity index (χ1) is 21.8. The lowest BCUT2D eigenvalue weighted by molar-refractivity contribution is 0.994. The van der Waals surface area contributed by atoms with Gasteiger partial charge in [-0.3, -0.25) is 9.55 Å². The highest BCUT2D eigenvalue weighted by Gasteiger charge is 2.20. The van der Waals surface area contributed by atoms with Gasteiger partial charge in [0.2, 0.25) is 5.95 Å². The van der Waals surface area contributed by atoms with Crippen molar-refractivity contribution in [2.45, 2.75) is 0 Å². The largest absolute Gasteiger partial charge is 0.307 e. The van der Waals surface area contributed by atoms with Gasteiger partial charge in [-0.15, -0.1) is 0 Å². The highest BCUT2D eigenvalue weighted by Crippen LogP contribution is 2.37. The van der Waals surface area contributed by atoms with Crippen molar-refractivity contribution in [3.63, 3.8) is 0 Å². The summed E-state index contributed by atoms with van der Waals surface area (Å²) in [4.78, 5) is 15.3. The third kappa shape index (κ3) is 3.69.